The van der Waals surface area contributed by atoms with Crippen molar-refractivity contribution in [3.8, 4) is 6.07 Å². The molecule has 0 aromatic carbocycles. The summed E-state index contributed by atoms with van der Waals surface area (Å²) in [6.45, 7) is 8.32. The van der Waals surface area contributed by atoms with Gasteiger partial charge in [-0.2, -0.15) is 5.26 Å². The third-order valence-corrected chi connectivity index (χ3v) is 4.97. The zero-order chi connectivity index (χ0) is 13.3. The second-order valence-corrected chi connectivity index (χ2v) is 7.00. The highest BCUT2D eigenvalue weighted by Gasteiger charge is 2.29. The molecular formula is C14H21N3S. The molecule has 0 radical (unpaired) electrons. The van der Waals surface area contributed by atoms with E-state index in [1.807, 2.05) is 13.8 Å². The maximum absolute atomic E-state index is 9.21. The Morgan fingerprint density at radius 1 is 1.50 bits per heavy atom. The zero-order valence-electron chi connectivity index (χ0n) is 11.7. The van der Waals surface area contributed by atoms with Crippen molar-refractivity contribution in [2.24, 2.45) is 0 Å². The molecule has 0 bridgehead atoms. The summed E-state index contributed by atoms with van der Waals surface area (Å²) in [5, 5.41) is 10.2. The maximum atomic E-state index is 9.21. The SMILES string of the molecule is Cc1sc(C(C)(C)C#N)nc1C1CCCN(C)C1. The molecule has 18 heavy (non-hydrogen) atoms. The number of hydrogen-bond donors (Lipinski definition) is 0. The van der Waals surface area contributed by atoms with Crippen LogP contribution >= 0.6 is 11.3 Å². The lowest BCUT2D eigenvalue weighted by Gasteiger charge is -2.29. The molecule has 0 aliphatic carbocycles. The number of nitrogens with zero attached hydrogens (tertiary/aromatic N) is 3. The maximum Gasteiger partial charge on any atom is 0.113 e. The Balaban J connectivity index is 2.27. The van der Waals surface area contributed by atoms with Gasteiger partial charge in [-0.3, -0.25) is 0 Å². The second kappa shape index (κ2) is 4.99. The molecule has 2 rings (SSSR count). The zero-order valence-corrected chi connectivity index (χ0v) is 12.5. The van der Waals surface area contributed by atoms with Crippen molar-refractivity contribution in [1.82, 2.24) is 9.88 Å². The van der Waals surface area contributed by atoms with Crippen LogP contribution in [0, 0.1) is 18.3 Å². The van der Waals surface area contributed by atoms with Crippen LogP contribution in [0.3, 0.4) is 0 Å². The third-order valence-electron chi connectivity index (χ3n) is 3.66. The van der Waals surface area contributed by atoms with Crippen LogP contribution in [0.4, 0.5) is 0 Å². The first-order valence-electron chi connectivity index (χ1n) is 6.51. The Morgan fingerprint density at radius 3 is 2.83 bits per heavy atom. The Hall–Kier alpha value is -0.920. The first kappa shape index (κ1) is 13.5. The minimum atomic E-state index is -0.464. The number of thiazole rings is 1. The summed E-state index contributed by atoms with van der Waals surface area (Å²) < 4.78 is 0. The normalized spacial score (nSPS) is 21.8. The molecule has 0 N–H and O–H groups in total. The van der Waals surface area contributed by atoms with Crippen molar-refractivity contribution in [3.63, 3.8) is 0 Å². The van der Waals surface area contributed by atoms with Crippen LogP contribution in [0.1, 0.15) is 48.2 Å². The van der Waals surface area contributed by atoms with Crippen molar-refractivity contribution in [2.75, 3.05) is 20.1 Å². The topological polar surface area (TPSA) is 39.9 Å². The van der Waals surface area contributed by atoms with Crippen molar-refractivity contribution < 1.29 is 0 Å². The molecule has 1 aromatic rings. The molecule has 1 aliphatic heterocycles. The Morgan fingerprint density at radius 2 is 2.22 bits per heavy atom. The fraction of sp³-hybridized carbons (Fsp3) is 0.714. The van der Waals surface area contributed by atoms with Crippen molar-refractivity contribution in [1.29, 1.82) is 5.26 Å². The van der Waals surface area contributed by atoms with E-state index in [4.69, 9.17) is 4.98 Å². The first-order chi connectivity index (χ1) is 8.44. The standard InChI is InChI=1S/C14H21N3S/c1-10-12(11-6-5-7-17(4)8-11)16-13(18-10)14(2,3)9-15/h11H,5-8H2,1-4H3. The lowest BCUT2D eigenvalue weighted by atomic mass is 9.93. The lowest BCUT2D eigenvalue weighted by Crippen LogP contribution is -2.31. The molecule has 0 spiro atoms. The van der Waals surface area contributed by atoms with E-state index in [-0.39, 0.29) is 0 Å². The van der Waals surface area contributed by atoms with Crippen LogP contribution in [0.2, 0.25) is 0 Å². The number of rotatable bonds is 2. The van der Waals surface area contributed by atoms with Crippen molar-refractivity contribution in [3.05, 3.63) is 15.6 Å². The van der Waals surface area contributed by atoms with Crippen molar-refractivity contribution in [2.45, 2.75) is 44.9 Å². The number of piperidine rings is 1. The monoisotopic (exact) mass is 263 g/mol. The minimum Gasteiger partial charge on any atom is -0.306 e. The summed E-state index contributed by atoms with van der Waals surface area (Å²) in [6.07, 6.45) is 2.47. The molecular weight excluding hydrogens is 242 g/mol. The smallest absolute Gasteiger partial charge is 0.113 e. The number of aromatic nitrogens is 1. The highest BCUT2D eigenvalue weighted by atomic mass is 32.1. The molecule has 1 fully saturated rings. The van der Waals surface area contributed by atoms with E-state index in [2.05, 4.69) is 24.9 Å². The molecule has 1 unspecified atom stereocenters. The number of nitriles is 1. The predicted octanol–water partition coefficient (Wildman–Crippen LogP) is 3.06. The molecule has 3 nitrogen and oxygen atoms in total. The summed E-state index contributed by atoms with van der Waals surface area (Å²) >= 11 is 1.69. The van der Waals surface area contributed by atoms with E-state index < -0.39 is 5.41 Å². The molecule has 1 aromatic heterocycles. The van der Waals surface area contributed by atoms with Gasteiger partial charge in [0.2, 0.25) is 0 Å². The van der Waals surface area contributed by atoms with E-state index in [1.54, 1.807) is 11.3 Å². The van der Waals surface area contributed by atoms with Gasteiger partial charge >= 0.3 is 0 Å². The average Bonchev–Trinajstić information content (AvgIpc) is 2.72. The minimum absolute atomic E-state index is 0.464. The summed E-state index contributed by atoms with van der Waals surface area (Å²) in [4.78, 5) is 8.44. The summed E-state index contributed by atoms with van der Waals surface area (Å²) in [6, 6.07) is 2.35. The molecule has 1 atom stereocenters. The van der Waals surface area contributed by atoms with E-state index in [1.165, 1.54) is 30.0 Å². The summed E-state index contributed by atoms with van der Waals surface area (Å²) in [5.41, 5.74) is 0.763. The van der Waals surface area contributed by atoms with Crippen LogP contribution in [0.15, 0.2) is 0 Å². The van der Waals surface area contributed by atoms with Gasteiger partial charge in [-0.25, -0.2) is 4.98 Å². The van der Waals surface area contributed by atoms with Crippen molar-refractivity contribution >= 4 is 11.3 Å². The van der Waals surface area contributed by atoms with Crippen LogP contribution < -0.4 is 0 Å². The number of aryl methyl sites for hydroxylation is 1. The van der Waals surface area contributed by atoms with Gasteiger partial charge in [-0.1, -0.05) is 0 Å². The van der Waals surface area contributed by atoms with Gasteiger partial charge in [0.25, 0.3) is 0 Å². The Bertz CT molecular complexity index is 470. The molecule has 4 heteroatoms. The molecule has 2 heterocycles. The summed E-state index contributed by atoms with van der Waals surface area (Å²) in [7, 11) is 2.17. The third kappa shape index (κ3) is 2.57. The van der Waals surface area contributed by atoms with Gasteiger partial charge in [0, 0.05) is 17.3 Å². The fourth-order valence-corrected chi connectivity index (χ4v) is 3.54. The highest BCUT2D eigenvalue weighted by molar-refractivity contribution is 7.11. The van der Waals surface area contributed by atoms with Gasteiger partial charge in [0.05, 0.1) is 11.8 Å². The number of likely N-dealkylation sites (tertiary alicyclic amines) is 1. The van der Waals surface area contributed by atoms with E-state index in [0.717, 1.165) is 11.6 Å². The fourth-order valence-electron chi connectivity index (χ4n) is 2.49. The molecule has 0 saturated carbocycles. The predicted molar refractivity (Wildman–Crippen MR) is 75.0 cm³/mol. The van der Waals surface area contributed by atoms with Gasteiger partial charge in [0.15, 0.2) is 0 Å². The average molecular weight is 263 g/mol. The van der Waals surface area contributed by atoms with E-state index >= 15 is 0 Å². The van der Waals surface area contributed by atoms with Gasteiger partial charge in [-0.05, 0) is 47.2 Å². The molecule has 98 valence electrons. The lowest BCUT2D eigenvalue weighted by molar-refractivity contribution is 0.248. The first-order valence-corrected chi connectivity index (χ1v) is 7.33. The van der Waals surface area contributed by atoms with Crippen LogP contribution in [0.25, 0.3) is 0 Å². The van der Waals surface area contributed by atoms with Crippen LogP contribution in [-0.2, 0) is 5.41 Å². The number of hydrogen-bond acceptors (Lipinski definition) is 4. The largest absolute Gasteiger partial charge is 0.306 e. The van der Waals surface area contributed by atoms with Crippen LogP contribution in [0.5, 0.6) is 0 Å². The van der Waals surface area contributed by atoms with Gasteiger partial charge in [-0.15, -0.1) is 11.3 Å². The number of likely N-dealkylation sites (N-methyl/N-ethyl adjacent to an activating group) is 1. The van der Waals surface area contributed by atoms with E-state index in [9.17, 15) is 5.26 Å². The highest BCUT2D eigenvalue weighted by Crippen LogP contribution is 2.35. The quantitative estimate of drug-likeness (QED) is 0.823. The van der Waals surface area contributed by atoms with Gasteiger partial charge < -0.3 is 4.90 Å². The molecule has 0 amide bonds. The Labute approximate surface area is 113 Å². The van der Waals surface area contributed by atoms with Gasteiger partial charge in [0.1, 0.15) is 10.4 Å². The second-order valence-electron chi connectivity index (χ2n) is 5.80. The molecule has 1 aliphatic rings. The summed E-state index contributed by atoms with van der Waals surface area (Å²) in [5.74, 6) is 0.545. The van der Waals surface area contributed by atoms with Crippen LogP contribution in [-0.4, -0.2) is 30.0 Å². The Kier molecular flexibility index (Phi) is 3.74. The van der Waals surface area contributed by atoms with E-state index in [0.29, 0.717) is 5.92 Å². The molecule has 1 saturated heterocycles.